The molecule has 2 unspecified atom stereocenters. The van der Waals surface area contributed by atoms with Crippen molar-refractivity contribution in [2.45, 2.75) is 26.7 Å². The molecule has 0 bridgehead atoms. The molecule has 1 aromatic rings. The molecule has 0 radical (unpaired) electrons. The number of halogens is 1. The second-order valence-corrected chi connectivity index (χ2v) is 5.75. The Labute approximate surface area is 114 Å². The fourth-order valence-corrected chi connectivity index (χ4v) is 2.67. The number of carbonyl (C=O) groups excluding carboxylic acids is 1. The lowest BCUT2D eigenvalue weighted by Gasteiger charge is -2.14. The Kier molecular flexibility index (Phi) is 4.70. The third-order valence-corrected chi connectivity index (χ3v) is 4.11. The van der Waals surface area contributed by atoms with Gasteiger partial charge < -0.3 is 4.90 Å². The second kappa shape index (κ2) is 6.29. The van der Waals surface area contributed by atoms with Crippen LogP contribution in [0.25, 0.3) is 0 Å². The van der Waals surface area contributed by atoms with Crippen molar-refractivity contribution in [3.8, 4) is 0 Å². The predicted octanol–water partition coefficient (Wildman–Crippen LogP) is 3.38. The topological polar surface area (TPSA) is 20.3 Å². The molecular formula is C16H22FNO. The van der Waals surface area contributed by atoms with Gasteiger partial charge in [0.1, 0.15) is 5.82 Å². The van der Waals surface area contributed by atoms with Gasteiger partial charge in [0, 0.05) is 25.1 Å². The van der Waals surface area contributed by atoms with E-state index >= 15 is 0 Å². The number of rotatable bonds is 5. The van der Waals surface area contributed by atoms with E-state index in [0.29, 0.717) is 12.0 Å². The summed E-state index contributed by atoms with van der Waals surface area (Å²) in [5, 5.41) is 0. The van der Waals surface area contributed by atoms with Crippen molar-refractivity contribution in [2.24, 2.45) is 11.8 Å². The van der Waals surface area contributed by atoms with Gasteiger partial charge in [-0.3, -0.25) is 4.79 Å². The van der Waals surface area contributed by atoms with E-state index in [1.165, 1.54) is 12.1 Å². The maximum absolute atomic E-state index is 12.8. The number of Topliss-reactive ketones (excluding diaryl/α,β-unsaturated/α-hetero) is 1. The number of hydrogen-bond donors (Lipinski definition) is 0. The van der Waals surface area contributed by atoms with Crippen LogP contribution in [0.5, 0.6) is 0 Å². The third kappa shape index (κ3) is 3.87. The lowest BCUT2D eigenvalue weighted by Crippen LogP contribution is -2.22. The summed E-state index contributed by atoms with van der Waals surface area (Å²) in [5.41, 5.74) is 0.615. The van der Waals surface area contributed by atoms with Gasteiger partial charge in [-0.1, -0.05) is 13.8 Å². The molecule has 0 saturated carbocycles. The van der Waals surface area contributed by atoms with Crippen molar-refractivity contribution in [3.63, 3.8) is 0 Å². The summed E-state index contributed by atoms with van der Waals surface area (Å²) < 4.78 is 12.8. The summed E-state index contributed by atoms with van der Waals surface area (Å²) in [6.45, 7) is 7.85. The summed E-state index contributed by atoms with van der Waals surface area (Å²) in [7, 11) is 0. The zero-order valence-corrected chi connectivity index (χ0v) is 11.7. The van der Waals surface area contributed by atoms with Crippen molar-refractivity contribution >= 4 is 5.78 Å². The number of hydrogen-bond acceptors (Lipinski definition) is 2. The van der Waals surface area contributed by atoms with Crippen molar-refractivity contribution < 1.29 is 9.18 Å². The van der Waals surface area contributed by atoms with E-state index in [1.54, 1.807) is 12.1 Å². The Morgan fingerprint density at radius 3 is 2.37 bits per heavy atom. The molecular weight excluding hydrogens is 241 g/mol. The minimum atomic E-state index is -0.295. The Hall–Kier alpha value is -1.22. The van der Waals surface area contributed by atoms with Crippen LogP contribution in [0.4, 0.5) is 4.39 Å². The largest absolute Gasteiger partial charge is 0.303 e. The fourth-order valence-electron chi connectivity index (χ4n) is 2.67. The van der Waals surface area contributed by atoms with Crippen molar-refractivity contribution in [2.75, 3.05) is 19.6 Å². The number of nitrogens with zero attached hydrogens (tertiary/aromatic N) is 1. The zero-order valence-electron chi connectivity index (χ0n) is 11.7. The SMILES string of the molecule is CC1CN(CCCC(=O)c2ccc(F)cc2)CC1C. The smallest absolute Gasteiger partial charge is 0.162 e. The highest BCUT2D eigenvalue weighted by atomic mass is 19.1. The highest BCUT2D eigenvalue weighted by Crippen LogP contribution is 2.22. The summed E-state index contributed by atoms with van der Waals surface area (Å²) >= 11 is 0. The van der Waals surface area contributed by atoms with Gasteiger partial charge in [0.15, 0.2) is 5.78 Å². The molecule has 0 aromatic heterocycles. The molecule has 1 aliphatic heterocycles. The van der Waals surface area contributed by atoms with E-state index in [0.717, 1.165) is 37.9 Å². The van der Waals surface area contributed by atoms with Gasteiger partial charge in [0.2, 0.25) is 0 Å². The average molecular weight is 263 g/mol. The van der Waals surface area contributed by atoms with Crippen LogP contribution in [0, 0.1) is 17.7 Å². The molecule has 1 aliphatic rings. The van der Waals surface area contributed by atoms with Crippen molar-refractivity contribution in [1.82, 2.24) is 4.90 Å². The Morgan fingerprint density at radius 1 is 1.21 bits per heavy atom. The van der Waals surface area contributed by atoms with Crippen LogP contribution in [0.3, 0.4) is 0 Å². The normalized spacial score (nSPS) is 23.7. The minimum absolute atomic E-state index is 0.111. The first kappa shape index (κ1) is 14.2. The van der Waals surface area contributed by atoms with E-state index in [2.05, 4.69) is 18.7 Å². The molecule has 0 amide bonds. The number of likely N-dealkylation sites (tertiary alicyclic amines) is 1. The Balaban J connectivity index is 1.74. The van der Waals surface area contributed by atoms with Gasteiger partial charge in [0.25, 0.3) is 0 Å². The van der Waals surface area contributed by atoms with E-state index in [9.17, 15) is 9.18 Å². The fraction of sp³-hybridized carbons (Fsp3) is 0.562. The van der Waals surface area contributed by atoms with Gasteiger partial charge in [-0.2, -0.15) is 0 Å². The standard InChI is InChI=1S/C16H22FNO/c1-12-10-18(11-13(12)2)9-3-4-16(19)14-5-7-15(17)8-6-14/h5-8,12-13H,3-4,9-11H2,1-2H3. The first-order chi connectivity index (χ1) is 9.06. The molecule has 1 aromatic carbocycles. The van der Waals surface area contributed by atoms with E-state index in [1.807, 2.05) is 0 Å². The summed E-state index contributed by atoms with van der Waals surface area (Å²) in [4.78, 5) is 14.4. The molecule has 1 heterocycles. The van der Waals surface area contributed by atoms with Crippen LogP contribution >= 0.6 is 0 Å². The van der Waals surface area contributed by atoms with Gasteiger partial charge in [-0.15, -0.1) is 0 Å². The van der Waals surface area contributed by atoms with Crippen LogP contribution < -0.4 is 0 Å². The predicted molar refractivity (Wildman–Crippen MR) is 74.7 cm³/mol. The minimum Gasteiger partial charge on any atom is -0.303 e. The van der Waals surface area contributed by atoms with E-state index < -0.39 is 0 Å². The molecule has 104 valence electrons. The molecule has 1 saturated heterocycles. The maximum atomic E-state index is 12.8. The lowest BCUT2D eigenvalue weighted by atomic mass is 10.0. The first-order valence-corrected chi connectivity index (χ1v) is 7.07. The van der Waals surface area contributed by atoms with Gasteiger partial charge in [0.05, 0.1) is 0 Å². The molecule has 0 aliphatic carbocycles. The summed E-state index contributed by atoms with van der Waals surface area (Å²) in [6.07, 6.45) is 1.43. The van der Waals surface area contributed by atoms with Crippen molar-refractivity contribution in [3.05, 3.63) is 35.6 Å². The molecule has 0 spiro atoms. The molecule has 2 nitrogen and oxygen atoms in total. The van der Waals surface area contributed by atoms with Crippen LogP contribution in [0.2, 0.25) is 0 Å². The average Bonchev–Trinajstić information content (AvgIpc) is 2.69. The Bertz CT molecular complexity index is 419. The van der Waals surface area contributed by atoms with Crippen LogP contribution in [-0.2, 0) is 0 Å². The van der Waals surface area contributed by atoms with E-state index in [4.69, 9.17) is 0 Å². The molecule has 0 N–H and O–H groups in total. The summed E-state index contributed by atoms with van der Waals surface area (Å²) in [5.74, 6) is 1.33. The molecule has 2 atom stereocenters. The highest BCUT2D eigenvalue weighted by Gasteiger charge is 2.25. The molecule has 19 heavy (non-hydrogen) atoms. The monoisotopic (exact) mass is 263 g/mol. The van der Waals surface area contributed by atoms with E-state index in [-0.39, 0.29) is 11.6 Å². The van der Waals surface area contributed by atoms with Crippen LogP contribution in [-0.4, -0.2) is 30.3 Å². The molecule has 2 rings (SSSR count). The third-order valence-electron chi connectivity index (χ3n) is 4.11. The number of benzene rings is 1. The number of carbonyl (C=O) groups is 1. The second-order valence-electron chi connectivity index (χ2n) is 5.75. The van der Waals surface area contributed by atoms with Gasteiger partial charge >= 0.3 is 0 Å². The molecule has 3 heteroatoms. The number of ketones is 1. The van der Waals surface area contributed by atoms with Crippen LogP contribution in [0.15, 0.2) is 24.3 Å². The molecule has 1 fully saturated rings. The maximum Gasteiger partial charge on any atom is 0.162 e. The summed E-state index contributed by atoms with van der Waals surface area (Å²) in [6, 6.07) is 5.82. The first-order valence-electron chi connectivity index (χ1n) is 7.07. The van der Waals surface area contributed by atoms with Crippen molar-refractivity contribution in [1.29, 1.82) is 0 Å². The lowest BCUT2D eigenvalue weighted by molar-refractivity contribution is 0.0976. The highest BCUT2D eigenvalue weighted by molar-refractivity contribution is 5.95. The van der Waals surface area contributed by atoms with Gasteiger partial charge in [-0.05, 0) is 49.1 Å². The van der Waals surface area contributed by atoms with Crippen LogP contribution in [0.1, 0.15) is 37.0 Å². The Morgan fingerprint density at radius 2 is 1.79 bits per heavy atom. The van der Waals surface area contributed by atoms with Gasteiger partial charge in [-0.25, -0.2) is 4.39 Å². The quantitative estimate of drug-likeness (QED) is 0.759. The zero-order chi connectivity index (χ0) is 13.8.